The van der Waals surface area contributed by atoms with Crippen LogP contribution in [0.5, 0.6) is 0 Å². The Morgan fingerprint density at radius 1 is 1.47 bits per heavy atom. The molecule has 2 rings (SSSR count). The Morgan fingerprint density at radius 2 is 2.21 bits per heavy atom. The molecule has 0 heterocycles. The largest absolute Gasteiger partial charge is 0.480 e. The van der Waals surface area contributed by atoms with E-state index in [-0.39, 0.29) is 12.6 Å². The third kappa shape index (κ3) is 3.45. The van der Waals surface area contributed by atoms with Crippen LogP contribution < -0.4 is 5.32 Å². The van der Waals surface area contributed by atoms with E-state index < -0.39 is 12.0 Å². The summed E-state index contributed by atoms with van der Waals surface area (Å²) in [4.78, 5) is 24.0. The molecule has 0 aromatic heterocycles. The van der Waals surface area contributed by atoms with Crippen LogP contribution in [-0.4, -0.2) is 34.6 Å². The number of carbonyl (C=O) groups is 2. The van der Waals surface area contributed by atoms with Crippen molar-refractivity contribution in [2.45, 2.75) is 18.9 Å². The van der Waals surface area contributed by atoms with Gasteiger partial charge in [0.15, 0.2) is 0 Å². The molecule has 0 spiro atoms. The number of hydrogen-bond acceptors (Lipinski definition) is 3. The van der Waals surface area contributed by atoms with E-state index >= 15 is 0 Å². The second-order valence-corrected chi connectivity index (χ2v) is 4.38. The maximum absolute atomic E-state index is 12.0. The first-order valence-corrected chi connectivity index (χ1v) is 5.89. The second kappa shape index (κ2) is 5.40. The molecule has 1 aliphatic carbocycles. The SMILES string of the molecule is N#Cc1cccc(NC(=O)N(CC(=O)O)C2CC2)c1. The number of carboxylic acid groups (broad SMARTS) is 1. The van der Waals surface area contributed by atoms with Crippen LogP contribution >= 0.6 is 0 Å². The fourth-order valence-electron chi connectivity index (χ4n) is 1.76. The molecule has 0 bridgehead atoms. The second-order valence-electron chi connectivity index (χ2n) is 4.38. The van der Waals surface area contributed by atoms with Gasteiger partial charge in [-0.25, -0.2) is 4.79 Å². The van der Waals surface area contributed by atoms with Crippen LogP contribution in [0.4, 0.5) is 10.5 Å². The fraction of sp³-hybridized carbons (Fsp3) is 0.308. The molecule has 1 aromatic carbocycles. The fourth-order valence-corrected chi connectivity index (χ4v) is 1.76. The van der Waals surface area contributed by atoms with E-state index in [1.165, 1.54) is 4.90 Å². The van der Waals surface area contributed by atoms with E-state index in [9.17, 15) is 9.59 Å². The highest BCUT2D eigenvalue weighted by Crippen LogP contribution is 2.27. The molecular formula is C13H13N3O3. The highest BCUT2D eigenvalue weighted by molar-refractivity contribution is 5.91. The maximum Gasteiger partial charge on any atom is 0.323 e. The van der Waals surface area contributed by atoms with Crippen molar-refractivity contribution in [1.82, 2.24) is 4.90 Å². The number of hydrogen-bond donors (Lipinski definition) is 2. The molecule has 1 aromatic rings. The molecule has 6 nitrogen and oxygen atoms in total. The average molecular weight is 259 g/mol. The maximum atomic E-state index is 12.0. The summed E-state index contributed by atoms with van der Waals surface area (Å²) in [7, 11) is 0. The third-order valence-electron chi connectivity index (χ3n) is 2.80. The summed E-state index contributed by atoms with van der Waals surface area (Å²) >= 11 is 0. The van der Waals surface area contributed by atoms with Gasteiger partial charge in [-0.1, -0.05) is 6.07 Å². The number of aliphatic carboxylic acids is 1. The first-order chi connectivity index (χ1) is 9.10. The Hall–Kier alpha value is -2.55. The Morgan fingerprint density at radius 3 is 2.79 bits per heavy atom. The van der Waals surface area contributed by atoms with Gasteiger partial charge in [0, 0.05) is 11.7 Å². The van der Waals surface area contributed by atoms with E-state index in [1.54, 1.807) is 24.3 Å². The number of benzene rings is 1. The van der Waals surface area contributed by atoms with Crippen molar-refractivity contribution in [1.29, 1.82) is 5.26 Å². The number of carboxylic acids is 1. The van der Waals surface area contributed by atoms with Gasteiger partial charge in [-0.3, -0.25) is 4.79 Å². The zero-order valence-electron chi connectivity index (χ0n) is 10.2. The van der Waals surface area contributed by atoms with Gasteiger partial charge >= 0.3 is 12.0 Å². The summed E-state index contributed by atoms with van der Waals surface area (Å²) in [5.74, 6) is -1.03. The van der Waals surface area contributed by atoms with E-state index in [4.69, 9.17) is 10.4 Å². The van der Waals surface area contributed by atoms with Crippen LogP contribution in [0.1, 0.15) is 18.4 Å². The number of anilines is 1. The van der Waals surface area contributed by atoms with E-state index in [1.807, 2.05) is 6.07 Å². The van der Waals surface area contributed by atoms with Gasteiger partial charge in [0.05, 0.1) is 11.6 Å². The molecule has 0 unspecified atom stereocenters. The molecule has 0 saturated heterocycles. The molecule has 0 radical (unpaired) electrons. The van der Waals surface area contributed by atoms with Crippen molar-refractivity contribution in [3.8, 4) is 6.07 Å². The zero-order chi connectivity index (χ0) is 13.8. The van der Waals surface area contributed by atoms with Crippen molar-refractivity contribution in [3.63, 3.8) is 0 Å². The first-order valence-electron chi connectivity index (χ1n) is 5.89. The standard InChI is InChI=1S/C13H13N3O3/c14-7-9-2-1-3-10(6-9)15-13(19)16(8-12(17)18)11-4-5-11/h1-3,6,11H,4-5,8H2,(H,15,19)(H,17,18). The Bertz CT molecular complexity index is 546. The van der Waals surface area contributed by atoms with Crippen molar-refractivity contribution in [2.75, 3.05) is 11.9 Å². The first kappa shape index (κ1) is 12.9. The lowest BCUT2D eigenvalue weighted by Crippen LogP contribution is -2.40. The lowest BCUT2D eigenvalue weighted by molar-refractivity contribution is -0.137. The molecule has 1 fully saturated rings. The van der Waals surface area contributed by atoms with Crippen molar-refractivity contribution < 1.29 is 14.7 Å². The van der Waals surface area contributed by atoms with Crippen LogP contribution in [0.2, 0.25) is 0 Å². The molecule has 1 saturated carbocycles. The lowest BCUT2D eigenvalue weighted by atomic mass is 10.2. The van der Waals surface area contributed by atoms with Gasteiger partial charge < -0.3 is 15.3 Å². The predicted molar refractivity (Wildman–Crippen MR) is 67.5 cm³/mol. The molecule has 1 aliphatic rings. The Balaban J connectivity index is 2.06. The highest BCUT2D eigenvalue weighted by atomic mass is 16.4. The number of nitrogens with one attached hydrogen (secondary N) is 1. The van der Waals surface area contributed by atoms with Crippen molar-refractivity contribution in [3.05, 3.63) is 29.8 Å². The quantitative estimate of drug-likeness (QED) is 0.859. The summed E-state index contributed by atoms with van der Waals surface area (Å²) < 4.78 is 0. The van der Waals surface area contributed by atoms with Crippen LogP contribution in [0, 0.1) is 11.3 Å². The van der Waals surface area contributed by atoms with Crippen LogP contribution in [0.15, 0.2) is 24.3 Å². The average Bonchev–Trinajstić information content (AvgIpc) is 3.20. The predicted octanol–water partition coefficient (Wildman–Crippen LogP) is 1.64. The lowest BCUT2D eigenvalue weighted by Gasteiger charge is -2.20. The Labute approximate surface area is 110 Å². The third-order valence-corrected chi connectivity index (χ3v) is 2.80. The monoisotopic (exact) mass is 259 g/mol. The zero-order valence-corrected chi connectivity index (χ0v) is 10.2. The highest BCUT2D eigenvalue weighted by Gasteiger charge is 2.33. The number of rotatable bonds is 4. The molecule has 2 amide bonds. The molecule has 0 aliphatic heterocycles. The molecule has 2 N–H and O–H groups in total. The molecule has 6 heteroatoms. The summed E-state index contributed by atoms with van der Waals surface area (Å²) in [5, 5.41) is 20.2. The summed E-state index contributed by atoms with van der Waals surface area (Å²) in [6.07, 6.45) is 1.66. The number of urea groups is 1. The topological polar surface area (TPSA) is 93.4 Å². The normalized spacial score (nSPS) is 13.4. The number of nitriles is 1. The number of amides is 2. The summed E-state index contributed by atoms with van der Waals surface area (Å²) in [6, 6.07) is 8.04. The minimum Gasteiger partial charge on any atom is -0.480 e. The minimum absolute atomic E-state index is 0.00949. The van der Waals surface area contributed by atoms with Gasteiger partial charge in [-0.05, 0) is 31.0 Å². The number of nitrogens with zero attached hydrogens (tertiary/aromatic N) is 2. The van der Waals surface area contributed by atoms with Gasteiger partial charge in [-0.2, -0.15) is 5.26 Å². The van der Waals surface area contributed by atoms with Gasteiger partial charge in [0.25, 0.3) is 0 Å². The van der Waals surface area contributed by atoms with Gasteiger partial charge in [-0.15, -0.1) is 0 Å². The van der Waals surface area contributed by atoms with Crippen molar-refractivity contribution >= 4 is 17.7 Å². The number of carbonyl (C=O) groups excluding carboxylic acids is 1. The molecule has 0 atom stereocenters. The van der Waals surface area contributed by atoms with Crippen LogP contribution in [0.3, 0.4) is 0 Å². The van der Waals surface area contributed by atoms with Gasteiger partial charge in [0.2, 0.25) is 0 Å². The smallest absolute Gasteiger partial charge is 0.323 e. The summed E-state index contributed by atoms with van der Waals surface area (Å²) in [5.41, 5.74) is 0.925. The van der Waals surface area contributed by atoms with Crippen LogP contribution in [0.25, 0.3) is 0 Å². The minimum atomic E-state index is -1.03. The van der Waals surface area contributed by atoms with Crippen LogP contribution in [-0.2, 0) is 4.79 Å². The van der Waals surface area contributed by atoms with E-state index in [0.29, 0.717) is 11.3 Å². The molecular weight excluding hydrogens is 246 g/mol. The molecule has 98 valence electrons. The summed E-state index contributed by atoms with van der Waals surface area (Å²) in [6.45, 7) is -0.311. The van der Waals surface area contributed by atoms with Crippen molar-refractivity contribution in [2.24, 2.45) is 0 Å². The van der Waals surface area contributed by atoms with Gasteiger partial charge in [0.1, 0.15) is 6.54 Å². The molecule has 19 heavy (non-hydrogen) atoms. The Kier molecular flexibility index (Phi) is 3.66. The van der Waals surface area contributed by atoms with E-state index in [2.05, 4.69) is 5.32 Å². The van der Waals surface area contributed by atoms with E-state index in [0.717, 1.165) is 12.8 Å².